The van der Waals surface area contributed by atoms with E-state index < -0.39 is 0 Å². The van der Waals surface area contributed by atoms with Crippen LogP contribution in [0.2, 0.25) is 0 Å². The van der Waals surface area contributed by atoms with Crippen LogP contribution in [-0.4, -0.2) is 42.1 Å². The van der Waals surface area contributed by atoms with Gasteiger partial charge in [0, 0.05) is 31.4 Å². The van der Waals surface area contributed by atoms with Gasteiger partial charge in [0.25, 0.3) is 5.91 Å². The lowest BCUT2D eigenvalue weighted by molar-refractivity contribution is -0.116. The number of carbonyl (C=O) groups is 2. The summed E-state index contributed by atoms with van der Waals surface area (Å²) in [7, 11) is 0. The Labute approximate surface area is 176 Å². The molecule has 3 heterocycles. The molecule has 2 amide bonds. The zero-order valence-corrected chi connectivity index (χ0v) is 17.6. The number of morpholine rings is 1. The van der Waals surface area contributed by atoms with Crippen molar-refractivity contribution in [1.82, 2.24) is 10.3 Å². The van der Waals surface area contributed by atoms with Crippen LogP contribution in [0.15, 0.2) is 36.5 Å². The highest BCUT2D eigenvalue weighted by Gasteiger charge is 2.23. The molecule has 0 saturated carbocycles. The molecule has 158 valence electrons. The SMILES string of the molecule is CC1CN(c2ccc(C(=O)NC(C)c3ccc4c(c3)CCC(=O)N4)cn2)CC(C)O1. The summed E-state index contributed by atoms with van der Waals surface area (Å²) in [6, 6.07) is 9.47. The zero-order chi connectivity index (χ0) is 21.3. The maximum absolute atomic E-state index is 12.7. The van der Waals surface area contributed by atoms with Gasteiger partial charge in [-0.3, -0.25) is 9.59 Å². The molecule has 7 nitrogen and oxygen atoms in total. The standard InChI is InChI=1S/C23H28N4O3/c1-14-12-27(13-15(2)30-14)21-8-5-19(11-24-21)23(29)25-16(3)17-4-7-20-18(10-17)6-9-22(28)26-20/h4-5,7-8,10-11,14-16H,6,9,12-13H2,1-3H3,(H,25,29)(H,26,28). The molecule has 2 aliphatic heterocycles. The second-order valence-electron chi connectivity index (χ2n) is 8.23. The summed E-state index contributed by atoms with van der Waals surface area (Å²) < 4.78 is 5.77. The number of hydrogen-bond donors (Lipinski definition) is 2. The largest absolute Gasteiger partial charge is 0.372 e. The summed E-state index contributed by atoms with van der Waals surface area (Å²) in [4.78, 5) is 30.9. The van der Waals surface area contributed by atoms with Gasteiger partial charge >= 0.3 is 0 Å². The zero-order valence-electron chi connectivity index (χ0n) is 17.6. The average Bonchev–Trinajstić information content (AvgIpc) is 2.72. The summed E-state index contributed by atoms with van der Waals surface area (Å²) in [6.45, 7) is 7.65. The number of anilines is 2. The first-order chi connectivity index (χ1) is 14.4. The van der Waals surface area contributed by atoms with Gasteiger partial charge in [0.2, 0.25) is 5.91 Å². The van der Waals surface area contributed by atoms with E-state index in [-0.39, 0.29) is 30.1 Å². The number of amides is 2. The van der Waals surface area contributed by atoms with Gasteiger partial charge in [0.1, 0.15) is 5.82 Å². The molecule has 1 aromatic carbocycles. The Balaban J connectivity index is 1.40. The van der Waals surface area contributed by atoms with E-state index in [1.54, 1.807) is 6.20 Å². The fraction of sp³-hybridized carbons (Fsp3) is 0.435. The quantitative estimate of drug-likeness (QED) is 0.812. The second-order valence-corrected chi connectivity index (χ2v) is 8.23. The van der Waals surface area contributed by atoms with Crippen molar-refractivity contribution in [3.05, 3.63) is 53.2 Å². The van der Waals surface area contributed by atoms with E-state index in [1.165, 1.54) is 0 Å². The van der Waals surface area contributed by atoms with E-state index in [1.807, 2.05) is 31.2 Å². The van der Waals surface area contributed by atoms with Crippen LogP contribution >= 0.6 is 0 Å². The van der Waals surface area contributed by atoms with Crippen molar-refractivity contribution >= 4 is 23.3 Å². The number of rotatable bonds is 4. The number of nitrogens with one attached hydrogen (secondary N) is 2. The van der Waals surface area contributed by atoms with Gasteiger partial charge in [-0.15, -0.1) is 0 Å². The second kappa shape index (κ2) is 8.44. The van der Waals surface area contributed by atoms with Crippen molar-refractivity contribution in [2.45, 2.75) is 51.9 Å². The van der Waals surface area contributed by atoms with Gasteiger partial charge in [0.05, 0.1) is 23.8 Å². The Morgan fingerprint density at radius 3 is 2.67 bits per heavy atom. The molecule has 2 aromatic rings. The highest BCUT2D eigenvalue weighted by molar-refractivity contribution is 5.95. The molecule has 0 spiro atoms. The predicted molar refractivity (Wildman–Crippen MR) is 116 cm³/mol. The van der Waals surface area contributed by atoms with Crippen LogP contribution in [-0.2, 0) is 16.0 Å². The predicted octanol–water partition coefficient (Wildman–Crippen LogP) is 3.07. The van der Waals surface area contributed by atoms with Crippen molar-refractivity contribution in [2.24, 2.45) is 0 Å². The molecule has 0 bridgehead atoms. The Bertz CT molecular complexity index is 934. The average molecular weight is 409 g/mol. The molecule has 1 aromatic heterocycles. The Morgan fingerprint density at radius 2 is 1.97 bits per heavy atom. The summed E-state index contributed by atoms with van der Waals surface area (Å²) in [6.07, 6.45) is 3.16. The fourth-order valence-electron chi connectivity index (χ4n) is 4.11. The molecule has 1 saturated heterocycles. The lowest BCUT2D eigenvalue weighted by Crippen LogP contribution is -2.45. The minimum absolute atomic E-state index is 0.0496. The minimum Gasteiger partial charge on any atom is -0.372 e. The minimum atomic E-state index is -0.156. The third-order valence-electron chi connectivity index (χ3n) is 5.63. The number of nitrogens with zero attached hydrogens (tertiary/aromatic N) is 2. The van der Waals surface area contributed by atoms with Crippen molar-refractivity contribution in [2.75, 3.05) is 23.3 Å². The Morgan fingerprint density at radius 1 is 1.20 bits per heavy atom. The Kier molecular flexibility index (Phi) is 5.72. The van der Waals surface area contributed by atoms with Crippen LogP contribution in [0.25, 0.3) is 0 Å². The number of benzene rings is 1. The maximum Gasteiger partial charge on any atom is 0.253 e. The number of fused-ring (bicyclic) bond motifs is 1. The normalized spacial score (nSPS) is 22.1. The first-order valence-corrected chi connectivity index (χ1v) is 10.5. The molecule has 4 rings (SSSR count). The summed E-state index contributed by atoms with van der Waals surface area (Å²) in [5.74, 6) is 0.753. The van der Waals surface area contributed by atoms with E-state index >= 15 is 0 Å². The summed E-state index contributed by atoms with van der Waals surface area (Å²) >= 11 is 0. The molecule has 0 aliphatic carbocycles. The van der Waals surface area contributed by atoms with Crippen molar-refractivity contribution in [1.29, 1.82) is 0 Å². The number of aryl methyl sites for hydroxylation is 1. The van der Waals surface area contributed by atoms with Crippen LogP contribution in [0.5, 0.6) is 0 Å². The van der Waals surface area contributed by atoms with Gasteiger partial charge in [-0.25, -0.2) is 4.98 Å². The van der Waals surface area contributed by atoms with E-state index in [2.05, 4.69) is 40.4 Å². The smallest absolute Gasteiger partial charge is 0.253 e. The van der Waals surface area contributed by atoms with E-state index in [9.17, 15) is 9.59 Å². The van der Waals surface area contributed by atoms with Crippen LogP contribution in [0.4, 0.5) is 11.5 Å². The monoisotopic (exact) mass is 408 g/mol. The van der Waals surface area contributed by atoms with E-state index in [4.69, 9.17) is 4.74 Å². The highest BCUT2D eigenvalue weighted by Crippen LogP contribution is 2.26. The van der Waals surface area contributed by atoms with Crippen LogP contribution in [0.3, 0.4) is 0 Å². The van der Waals surface area contributed by atoms with Crippen molar-refractivity contribution in [3.8, 4) is 0 Å². The molecule has 7 heteroatoms. The van der Waals surface area contributed by atoms with E-state index in [0.29, 0.717) is 12.0 Å². The van der Waals surface area contributed by atoms with Crippen LogP contribution in [0.1, 0.15) is 54.7 Å². The topological polar surface area (TPSA) is 83.6 Å². The van der Waals surface area contributed by atoms with Crippen LogP contribution in [0, 0.1) is 0 Å². The number of ether oxygens (including phenoxy) is 1. The van der Waals surface area contributed by atoms with Gasteiger partial charge in [-0.05, 0) is 56.5 Å². The van der Waals surface area contributed by atoms with Crippen molar-refractivity contribution in [3.63, 3.8) is 0 Å². The summed E-state index contributed by atoms with van der Waals surface area (Å²) in [5, 5.41) is 5.93. The van der Waals surface area contributed by atoms with Gasteiger partial charge in [0.15, 0.2) is 0 Å². The van der Waals surface area contributed by atoms with Gasteiger partial charge < -0.3 is 20.3 Å². The lowest BCUT2D eigenvalue weighted by Gasteiger charge is -2.36. The van der Waals surface area contributed by atoms with Crippen LogP contribution < -0.4 is 15.5 Å². The van der Waals surface area contributed by atoms with Crippen molar-refractivity contribution < 1.29 is 14.3 Å². The molecule has 2 aliphatic rings. The Hall–Kier alpha value is -2.93. The molecule has 3 atom stereocenters. The molecule has 3 unspecified atom stereocenters. The maximum atomic E-state index is 12.7. The van der Waals surface area contributed by atoms with Gasteiger partial charge in [-0.2, -0.15) is 0 Å². The number of carbonyl (C=O) groups excluding carboxylic acids is 2. The fourth-order valence-corrected chi connectivity index (χ4v) is 4.11. The third-order valence-corrected chi connectivity index (χ3v) is 5.63. The molecule has 30 heavy (non-hydrogen) atoms. The number of hydrogen-bond acceptors (Lipinski definition) is 5. The van der Waals surface area contributed by atoms with Gasteiger partial charge in [-0.1, -0.05) is 12.1 Å². The molecule has 1 fully saturated rings. The molecular formula is C23H28N4O3. The first kappa shape index (κ1) is 20.3. The molecule has 0 radical (unpaired) electrons. The number of aromatic nitrogens is 1. The number of pyridine rings is 1. The lowest BCUT2D eigenvalue weighted by atomic mass is 9.97. The highest BCUT2D eigenvalue weighted by atomic mass is 16.5. The van der Waals surface area contributed by atoms with E-state index in [0.717, 1.165) is 42.1 Å². The molecule has 2 N–H and O–H groups in total. The first-order valence-electron chi connectivity index (χ1n) is 10.5. The summed E-state index contributed by atoms with van der Waals surface area (Å²) in [5.41, 5.74) is 3.51. The molecular weight excluding hydrogens is 380 g/mol. The third kappa shape index (κ3) is 4.46.